The van der Waals surface area contributed by atoms with Crippen molar-refractivity contribution in [3.8, 4) is 0 Å². The lowest BCUT2D eigenvalue weighted by Gasteiger charge is -2.34. The summed E-state index contributed by atoms with van der Waals surface area (Å²) in [6.07, 6.45) is 1.11. The zero-order chi connectivity index (χ0) is 15.6. The summed E-state index contributed by atoms with van der Waals surface area (Å²) < 4.78 is 27.5. The van der Waals surface area contributed by atoms with Crippen molar-refractivity contribution in [1.82, 2.24) is 9.62 Å². The Labute approximate surface area is 132 Å². The number of rotatable bonds is 5. The molecule has 21 heavy (non-hydrogen) atoms. The normalized spacial score (nSPS) is 24.6. The highest BCUT2D eigenvalue weighted by molar-refractivity contribution is 7.89. The molecule has 1 aromatic heterocycles. The van der Waals surface area contributed by atoms with Crippen LogP contribution in [0.4, 0.5) is 0 Å². The maximum Gasteiger partial charge on any atom is 0.244 e. The summed E-state index contributed by atoms with van der Waals surface area (Å²) in [5.74, 6) is 0.860. The minimum absolute atomic E-state index is 0.345. The first kappa shape index (κ1) is 16.9. The molecule has 2 heterocycles. The molecule has 1 aromatic rings. The number of nitrogens with zero attached hydrogens (tertiary/aromatic N) is 1. The molecule has 2 unspecified atom stereocenters. The van der Waals surface area contributed by atoms with Gasteiger partial charge in [-0.3, -0.25) is 0 Å². The van der Waals surface area contributed by atoms with Gasteiger partial charge in [-0.1, -0.05) is 27.7 Å². The van der Waals surface area contributed by atoms with Crippen LogP contribution in [0.2, 0.25) is 0 Å². The molecule has 0 aromatic carbocycles. The van der Waals surface area contributed by atoms with E-state index in [1.807, 2.05) is 5.38 Å². The average molecular weight is 331 g/mol. The largest absolute Gasteiger partial charge is 0.310 e. The van der Waals surface area contributed by atoms with Gasteiger partial charge < -0.3 is 5.32 Å². The molecule has 1 saturated heterocycles. The summed E-state index contributed by atoms with van der Waals surface area (Å²) in [6.45, 7) is 10.3. The molecular formula is C15H26N2O2S2. The molecule has 6 heteroatoms. The number of nitrogens with one attached hydrogen (secondary N) is 1. The number of piperidine rings is 1. The average Bonchev–Trinajstić information content (AvgIpc) is 2.84. The van der Waals surface area contributed by atoms with E-state index in [1.165, 1.54) is 11.3 Å². The molecule has 2 rings (SSSR count). The molecule has 4 nitrogen and oxygen atoms in total. The van der Waals surface area contributed by atoms with Crippen LogP contribution in [0.15, 0.2) is 16.3 Å². The second-order valence-electron chi connectivity index (χ2n) is 6.51. The highest BCUT2D eigenvalue weighted by Crippen LogP contribution is 2.30. The molecule has 120 valence electrons. The van der Waals surface area contributed by atoms with E-state index in [0.29, 0.717) is 42.4 Å². The van der Waals surface area contributed by atoms with Gasteiger partial charge in [-0.05, 0) is 29.7 Å². The predicted octanol–water partition coefficient (Wildman–Crippen LogP) is 2.91. The molecule has 2 atom stereocenters. The summed E-state index contributed by atoms with van der Waals surface area (Å²) in [7, 11) is -3.36. The zero-order valence-corrected chi connectivity index (χ0v) is 14.9. The molecule has 1 N–H and O–H groups in total. The van der Waals surface area contributed by atoms with Crippen molar-refractivity contribution in [2.45, 2.75) is 51.6 Å². The smallest absolute Gasteiger partial charge is 0.244 e. The van der Waals surface area contributed by atoms with Crippen LogP contribution in [0.25, 0.3) is 0 Å². The van der Waals surface area contributed by atoms with Crippen molar-refractivity contribution in [1.29, 1.82) is 0 Å². The minimum Gasteiger partial charge on any atom is -0.310 e. The van der Waals surface area contributed by atoms with E-state index in [4.69, 9.17) is 0 Å². The fourth-order valence-corrected chi connectivity index (χ4v) is 5.97. The lowest BCUT2D eigenvalue weighted by Crippen LogP contribution is -2.42. The van der Waals surface area contributed by atoms with Crippen LogP contribution in [0, 0.1) is 11.8 Å². The van der Waals surface area contributed by atoms with Gasteiger partial charge in [-0.2, -0.15) is 4.31 Å². The summed E-state index contributed by atoms with van der Waals surface area (Å²) in [5.41, 5.74) is 0. The van der Waals surface area contributed by atoms with Gasteiger partial charge in [0.2, 0.25) is 10.0 Å². The number of thiophene rings is 1. The number of hydrogen-bond acceptors (Lipinski definition) is 4. The fourth-order valence-electron chi connectivity index (χ4n) is 2.93. The monoisotopic (exact) mass is 330 g/mol. The van der Waals surface area contributed by atoms with Crippen molar-refractivity contribution in [2.75, 3.05) is 13.1 Å². The summed E-state index contributed by atoms with van der Waals surface area (Å²) in [5, 5.41) is 5.18. The van der Waals surface area contributed by atoms with Gasteiger partial charge in [0, 0.05) is 30.6 Å². The molecule has 1 aliphatic heterocycles. The van der Waals surface area contributed by atoms with E-state index in [0.717, 1.165) is 11.3 Å². The Morgan fingerprint density at radius 2 is 1.95 bits per heavy atom. The Bertz CT molecular complexity index is 556. The summed E-state index contributed by atoms with van der Waals surface area (Å²) in [4.78, 5) is 1.40. The first-order valence-electron chi connectivity index (χ1n) is 7.60. The van der Waals surface area contributed by atoms with E-state index in [-0.39, 0.29) is 0 Å². The van der Waals surface area contributed by atoms with Gasteiger partial charge in [0.15, 0.2) is 0 Å². The van der Waals surface area contributed by atoms with E-state index in [1.54, 1.807) is 10.4 Å². The molecule has 0 spiro atoms. The predicted molar refractivity (Wildman–Crippen MR) is 88.0 cm³/mol. The molecular weight excluding hydrogens is 304 g/mol. The zero-order valence-electron chi connectivity index (χ0n) is 13.3. The molecule has 0 amide bonds. The van der Waals surface area contributed by atoms with Crippen LogP contribution in [0.3, 0.4) is 0 Å². The first-order valence-corrected chi connectivity index (χ1v) is 9.92. The van der Waals surface area contributed by atoms with Crippen molar-refractivity contribution in [3.63, 3.8) is 0 Å². The van der Waals surface area contributed by atoms with Crippen LogP contribution >= 0.6 is 11.3 Å². The number of hydrogen-bond donors (Lipinski definition) is 1. The highest BCUT2D eigenvalue weighted by Gasteiger charge is 2.33. The Hall–Kier alpha value is -0.430. The molecule has 0 bridgehead atoms. The van der Waals surface area contributed by atoms with Gasteiger partial charge in [-0.25, -0.2) is 8.42 Å². The Morgan fingerprint density at radius 3 is 2.52 bits per heavy atom. The van der Waals surface area contributed by atoms with Gasteiger partial charge in [0.1, 0.15) is 0 Å². The van der Waals surface area contributed by atoms with E-state index in [2.05, 4.69) is 33.0 Å². The van der Waals surface area contributed by atoms with Crippen molar-refractivity contribution in [3.05, 3.63) is 16.3 Å². The Balaban J connectivity index is 2.21. The third kappa shape index (κ3) is 4.06. The lowest BCUT2D eigenvalue weighted by molar-refractivity contribution is 0.222. The van der Waals surface area contributed by atoms with Crippen LogP contribution in [0.1, 0.15) is 39.0 Å². The number of sulfonamides is 1. The second kappa shape index (κ2) is 6.77. The second-order valence-corrected chi connectivity index (χ2v) is 9.42. The van der Waals surface area contributed by atoms with Crippen LogP contribution in [-0.4, -0.2) is 31.9 Å². The Morgan fingerprint density at radius 1 is 1.33 bits per heavy atom. The van der Waals surface area contributed by atoms with E-state index in [9.17, 15) is 8.42 Å². The topological polar surface area (TPSA) is 49.4 Å². The summed E-state index contributed by atoms with van der Waals surface area (Å²) in [6, 6.07) is 2.10. The van der Waals surface area contributed by atoms with E-state index < -0.39 is 10.0 Å². The van der Waals surface area contributed by atoms with Crippen LogP contribution < -0.4 is 5.32 Å². The highest BCUT2D eigenvalue weighted by atomic mass is 32.2. The van der Waals surface area contributed by atoms with Crippen molar-refractivity contribution >= 4 is 21.4 Å². The SMILES string of the molecule is CC1CC(C)CN(S(=O)(=O)c2ccsc2CNC(C)C)C1. The molecule has 1 fully saturated rings. The van der Waals surface area contributed by atoms with E-state index >= 15 is 0 Å². The quantitative estimate of drug-likeness (QED) is 0.903. The fraction of sp³-hybridized carbons (Fsp3) is 0.733. The van der Waals surface area contributed by atoms with Crippen molar-refractivity contribution in [2.24, 2.45) is 11.8 Å². The van der Waals surface area contributed by atoms with Gasteiger partial charge in [0.25, 0.3) is 0 Å². The molecule has 0 radical (unpaired) electrons. The first-order chi connectivity index (χ1) is 9.80. The maximum absolute atomic E-state index is 12.9. The third-order valence-electron chi connectivity index (χ3n) is 3.83. The van der Waals surface area contributed by atoms with Crippen LogP contribution in [-0.2, 0) is 16.6 Å². The van der Waals surface area contributed by atoms with Gasteiger partial charge >= 0.3 is 0 Å². The van der Waals surface area contributed by atoms with Gasteiger partial charge in [-0.15, -0.1) is 11.3 Å². The maximum atomic E-state index is 12.9. The van der Waals surface area contributed by atoms with Crippen LogP contribution in [0.5, 0.6) is 0 Å². The lowest BCUT2D eigenvalue weighted by atomic mass is 9.94. The van der Waals surface area contributed by atoms with Crippen molar-refractivity contribution < 1.29 is 8.42 Å². The van der Waals surface area contributed by atoms with Gasteiger partial charge in [0.05, 0.1) is 4.90 Å². The minimum atomic E-state index is -3.36. The molecule has 1 aliphatic rings. The summed E-state index contributed by atoms with van der Waals surface area (Å²) >= 11 is 1.52. The Kier molecular flexibility index (Phi) is 5.46. The molecule has 0 aliphatic carbocycles. The third-order valence-corrected chi connectivity index (χ3v) is 6.80. The standard InChI is InChI=1S/C15H26N2O2S2/c1-11(2)16-8-14-15(5-6-20-14)21(18,19)17-9-12(3)7-13(4)10-17/h5-6,11-13,16H,7-10H2,1-4H3. The molecule has 0 saturated carbocycles.